The van der Waals surface area contributed by atoms with Crippen molar-refractivity contribution in [3.8, 4) is 0 Å². The van der Waals surface area contributed by atoms with E-state index < -0.39 is 22.9 Å². The summed E-state index contributed by atoms with van der Waals surface area (Å²) in [5, 5.41) is 11.7. The number of para-hydroxylation sites is 1. The van der Waals surface area contributed by atoms with Crippen LogP contribution in [0.5, 0.6) is 0 Å². The molecule has 0 bridgehead atoms. The van der Waals surface area contributed by atoms with E-state index in [2.05, 4.69) is 6.92 Å². The molecule has 30 heavy (non-hydrogen) atoms. The molecule has 2 rings (SSSR count). The number of rotatable bonds is 7. The summed E-state index contributed by atoms with van der Waals surface area (Å²) in [6, 6.07) is 6.34. The first-order valence-electron chi connectivity index (χ1n) is 10.1. The number of esters is 1. The van der Waals surface area contributed by atoms with Gasteiger partial charge in [-0.2, -0.15) is 0 Å². The predicted molar refractivity (Wildman–Crippen MR) is 113 cm³/mol. The maximum absolute atomic E-state index is 13.0. The van der Waals surface area contributed by atoms with Crippen molar-refractivity contribution in [2.75, 3.05) is 6.54 Å². The lowest BCUT2D eigenvalue weighted by Gasteiger charge is -2.40. The minimum absolute atomic E-state index is 0.0107. The van der Waals surface area contributed by atoms with Gasteiger partial charge in [-0.25, -0.2) is 9.59 Å². The molecule has 162 valence electrons. The molecule has 1 aliphatic heterocycles. The molecular formula is C22H29N3O5. The van der Waals surface area contributed by atoms with E-state index in [0.29, 0.717) is 17.8 Å². The highest BCUT2D eigenvalue weighted by molar-refractivity contribution is 5.98. The molecule has 1 aromatic rings. The standard InChI is InChI=1S/C22H29N3O5/c1-6-7-12-24-14(4)18(13(2)3)20(16-10-8-9-11-17(16)25(28)29)19(15(24)5)21(26)30-22(23)27/h8-11,13,20H,6-7,12H2,1-5H3,(H2,23,27). The van der Waals surface area contributed by atoms with E-state index in [1.807, 2.05) is 25.7 Å². The second-order valence-electron chi connectivity index (χ2n) is 7.66. The molecule has 1 amide bonds. The number of primary amides is 1. The van der Waals surface area contributed by atoms with Crippen molar-refractivity contribution < 1.29 is 19.2 Å². The smallest absolute Gasteiger partial charge is 0.373 e. The molecule has 8 heteroatoms. The largest absolute Gasteiger partial charge is 0.412 e. The Bertz CT molecular complexity index is 917. The normalized spacial score (nSPS) is 16.9. The Kier molecular flexibility index (Phi) is 7.37. The summed E-state index contributed by atoms with van der Waals surface area (Å²) in [6.07, 6.45) is 0.649. The van der Waals surface area contributed by atoms with Crippen LogP contribution in [-0.2, 0) is 9.53 Å². The third kappa shape index (κ3) is 4.53. The van der Waals surface area contributed by atoms with E-state index in [4.69, 9.17) is 10.5 Å². The minimum Gasteiger partial charge on any atom is -0.373 e. The Morgan fingerprint density at radius 3 is 2.40 bits per heavy atom. The zero-order chi connectivity index (χ0) is 22.6. The van der Waals surface area contributed by atoms with Crippen LogP contribution in [0.2, 0.25) is 0 Å². The fraction of sp³-hybridized carbons (Fsp3) is 0.455. The van der Waals surface area contributed by atoms with Crippen molar-refractivity contribution in [1.82, 2.24) is 4.90 Å². The lowest BCUT2D eigenvalue weighted by molar-refractivity contribution is -0.385. The van der Waals surface area contributed by atoms with Crippen LogP contribution >= 0.6 is 0 Å². The monoisotopic (exact) mass is 415 g/mol. The molecule has 1 unspecified atom stereocenters. The third-order valence-electron chi connectivity index (χ3n) is 5.43. The van der Waals surface area contributed by atoms with Crippen molar-refractivity contribution in [2.24, 2.45) is 11.7 Å². The van der Waals surface area contributed by atoms with Crippen LogP contribution in [0.15, 0.2) is 46.8 Å². The minimum atomic E-state index is -1.21. The first kappa shape index (κ1) is 23.1. The average Bonchev–Trinajstić information content (AvgIpc) is 2.66. The van der Waals surface area contributed by atoms with E-state index >= 15 is 0 Å². The quantitative estimate of drug-likeness (QED) is 0.301. The molecule has 1 atom stereocenters. The van der Waals surface area contributed by atoms with Crippen LogP contribution in [0.3, 0.4) is 0 Å². The van der Waals surface area contributed by atoms with Gasteiger partial charge in [0.2, 0.25) is 0 Å². The van der Waals surface area contributed by atoms with Crippen LogP contribution in [-0.4, -0.2) is 28.4 Å². The van der Waals surface area contributed by atoms with Crippen LogP contribution in [0, 0.1) is 16.0 Å². The molecule has 0 aromatic heterocycles. The van der Waals surface area contributed by atoms with Crippen molar-refractivity contribution >= 4 is 17.7 Å². The van der Waals surface area contributed by atoms with E-state index in [-0.39, 0.29) is 17.2 Å². The average molecular weight is 415 g/mol. The molecule has 0 aliphatic carbocycles. The van der Waals surface area contributed by atoms with Gasteiger partial charge in [-0.05, 0) is 31.8 Å². The first-order valence-corrected chi connectivity index (χ1v) is 10.1. The van der Waals surface area contributed by atoms with Crippen molar-refractivity contribution in [1.29, 1.82) is 0 Å². The third-order valence-corrected chi connectivity index (χ3v) is 5.43. The number of nitrogens with two attached hydrogens (primary N) is 1. The van der Waals surface area contributed by atoms with Gasteiger partial charge in [-0.15, -0.1) is 0 Å². The second kappa shape index (κ2) is 9.56. The zero-order valence-corrected chi connectivity index (χ0v) is 18.1. The number of hydrogen-bond acceptors (Lipinski definition) is 6. The first-order chi connectivity index (χ1) is 14.1. The lowest BCUT2D eigenvalue weighted by atomic mass is 9.75. The number of benzene rings is 1. The summed E-state index contributed by atoms with van der Waals surface area (Å²) in [7, 11) is 0. The summed E-state index contributed by atoms with van der Waals surface area (Å²) in [5.74, 6) is -1.60. The van der Waals surface area contributed by atoms with Gasteiger partial charge in [-0.3, -0.25) is 10.1 Å². The van der Waals surface area contributed by atoms with Crippen LogP contribution in [0.25, 0.3) is 0 Å². The molecular weight excluding hydrogens is 386 g/mol. The molecule has 2 N–H and O–H groups in total. The maximum Gasteiger partial charge on any atom is 0.412 e. The summed E-state index contributed by atoms with van der Waals surface area (Å²) >= 11 is 0. The highest BCUT2D eigenvalue weighted by atomic mass is 16.6. The van der Waals surface area contributed by atoms with Gasteiger partial charge in [0.05, 0.1) is 10.5 Å². The number of nitro groups is 1. The van der Waals surface area contributed by atoms with Gasteiger partial charge in [0, 0.05) is 35.5 Å². The Labute approximate surface area is 176 Å². The highest BCUT2D eigenvalue weighted by Gasteiger charge is 2.40. The van der Waals surface area contributed by atoms with Gasteiger partial charge in [0.1, 0.15) is 0 Å². The molecule has 0 saturated carbocycles. The van der Waals surface area contributed by atoms with Crippen molar-refractivity contribution in [3.05, 3.63) is 62.5 Å². The van der Waals surface area contributed by atoms with Gasteiger partial charge < -0.3 is 15.4 Å². The van der Waals surface area contributed by atoms with Gasteiger partial charge in [-0.1, -0.05) is 45.4 Å². The molecule has 8 nitrogen and oxygen atoms in total. The number of amides is 1. The fourth-order valence-corrected chi connectivity index (χ4v) is 4.16. The Balaban J connectivity index is 2.82. The molecule has 1 aromatic carbocycles. The number of ether oxygens (including phenoxy) is 1. The molecule has 0 spiro atoms. The number of unbranched alkanes of at least 4 members (excludes halogenated alkanes) is 1. The van der Waals surface area contributed by atoms with E-state index in [1.54, 1.807) is 25.1 Å². The maximum atomic E-state index is 13.0. The number of allylic oxidation sites excluding steroid dienone is 3. The second-order valence-corrected chi connectivity index (χ2v) is 7.66. The number of nitro benzene ring substituents is 1. The summed E-state index contributed by atoms with van der Waals surface area (Å²) < 4.78 is 4.75. The van der Waals surface area contributed by atoms with E-state index in [0.717, 1.165) is 24.1 Å². The van der Waals surface area contributed by atoms with Crippen LogP contribution < -0.4 is 5.73 Å². The van der Waals surface area contributed by atoms with E-state index in [9.17, 15) is 19.7 Å². The topological polar surface area (TPSA) is 116 Å². The van der Waals surface area contributed by atoms with Gasteiger partial charge in [0.15, 0.2) is 0 Å². The van der Waals surface area contributed by atoms with Crippen molar-refractivity contribution in [2.45, 2.75) is 53.4 Å². The molecule has 0 fully saturated rings. The van der Waals surface area contributed by atoms with Gasteiger partial charge in [0.25, 0.3) is 5.69 Å². The van der Waals surface area contributed by atoms with Gasteiger partial charge >= 0.3 is 12.1 Å². The fourth-order valence-electron chi connectivity index (χ4n) is 4.16. The molecule has 0 saturated heterocycles. The summed E-state index contributed by atoms with van der Waals surface area (Å²) in [5.41, 5.74) is 8.05. The number of nitrogens with zero attached hydrogens (tertiary/aromatic N) is 2. The zero-order valence-electron chi connectivity index (χ0n) is 18.1. The van der Waals surface area contributed by atoms with Crippen molar-refractivity contribution in [3.63, 3.8) is 0 Å². The van der Waals surface area contributed by atoms with E-state index in [1.165, 1.54) is 6.07 Å². The SMILES string of the molecule is CCCCN1C(C)=C(C(=O)OC(N)=O)C(c2ccccc2[N+](=O)[O-])C(C(C)C)=C1C. The Morgan fingerprint density at radius 2 is 1.87 bits per heavy atom. The molecule has 0 radical (unpaired) electrons. The summed E-state index contributed by atoms with van der Waals surface area (Å²) in [4.78, 5) is 37.6. The highest BCUT2D eigenvalue weighted by Crippen LogP contribution is 2.47. The Morgan fingerprint density at radius 1 is 1.23 bits per heavy atom. The van der Waals surface area contributed by atoms with Crippen LogP contribution in [0.4, 0.5) is 10.5 Å². The molecule has 1 heterocycles. The molecule has 1 aliphatic rings. The lowest BCUT2D eigenvalue weighted by Crippen LogP contribution is -2.35. The number of hydrogen-bond donors (Lipinski definition) is 1. The predicted octanol–water partition coefficient (Wildman–Crippen LogP) is 4.62. The number of carbonyl (C=O) groups is 2. The number of carbonyl (C=O) groups excluding carboxylic acids is 2. The Hall–Kier alpha value is -3.16. The van der Waals surface area contributed by atoms with Crippen LogP contribution in [0.1, 0.15) is 58.9 Å². The summed E-state index contributed by atoms with van der Waals surface area (Å²) in [6.45, 7) is 10.5.